The van der Waals surface area contributed by atoms with Gasteiger partial charge in [0, 0.05) is 25.3 Å². The Kier molecular flexibility index (Phi) is 7.17. The SMILES string of the molecule is Cc1ccc(C(=O)N(Cc2ccc(OCc3cccc(F)c3)cc2)C[C@@H]2CCCO2)cc1. The number of hydrogen-bond donors (Lipinski definition) is 0. The first kappa shape index (κ1) is 22.0. The summed E-state index contributed by atoms with van der Waals surface area (Å²) in [6, 6.07) is 21.8. The van der Waals surface area contributed by atoms with Crippen molar-refractivity contribution < 1.29 is 18.7 Å². The van der Waals surface area contributed by atoms with Gasteiger partial charge in [0.05, 0.1) is 6.10 Å². The number of hydrogen-bond acceptors (Lipinski definition) is 3. The van der Waals surface area contributed by atoms with E-state index in [1.165, 1.54) is 12.1 Å². The molecular formula is C27H28FNO3. The van der Waals surface area contributed by atoms with Gasteiger partial charge in [0.1, 0.15) is 18.2 Å². The normalized spacial score (nSPS) is 15.5. The molecule has 0 unspecified atom stereocenters. The molecule has 0 saturated carbocycles. The Bertz CT molecular complexity index is 1030. The van der Waals surface area contributed by atoms with Crippen LogP contribution in [-0.4, -0.2) is 30.1 Å². The fraction of sp³-hybridized carbons (Fsp3) is 0.296. The lowest BCUT2D eigenvalue weighted by Crippen LogP contribution is -2.37. The topological polar surface area (TPSA) is 38.8 Å². The van der Waals surface area contributed by atoms with E-state index in [0.29, 0.717) is 31.0 Å². The smallest absolute Gasteiger partial charge is 0.254 e. The minimum absolute atomic E-state index is 0.00642. The molecule has 0 radical (unpaired) electrons. The third kappa shape index (κ3) is 5.95. The predicted octanol–water partition coefficient (Wildman–Crippen LogP) is 5.53. The molecule has 166 valence electrons. The molecule has 0 spiro atoms. The van der Waals surface area contributed by atoms with Crippen LogP contribution in [0.1, 0.15) is 39.9 Å². The first-order chi connectivity index (χ1) is 15.6. The Morgan fingerprint density at radius 1 is 1.06 bits per heavy atom. The second-order valence-corrected chi connectivity index (χ2v) is 8.25. The van der Waals surface area contributed by atoms with Gasteiger partial charge in [-0.3, -0.25) is 4.79 Å². The summed E-state index contributed by atoms with van der Waals surface area (Å²) >= 11 is 0. The Labute approximate surface area is 188 Å². The maximum Gasteiger partial charge on any atom is 0.254 e. The lowest BCUT2D eigenvalue weighted by atomic mass is 10.1. The minimum Gasteiger partial charge on any atom is -0.489 e. The van der Waals surface area contributed by atoms with Crippen LogP contribution in [0.15, 0.2) is 72.8 Å². The number of ether oxygens (including phenoxy) is 2. The number of halogens is 1. The molecule has 0 N–H and O–H groups in total. The monoisotopic (exact) mass is 433 g/mol. The van der Waals surface area contributed by atoms with Crippen molar-refractivity contribution >= 4 is 5.91 Å². The number of carbonyl (C=O) groups excluding carboxylic acids is 1. The van der Waals surface area contributed by atoms with E-state index in [4.69, 9.17) is 9.47 Å². The molecule has 1 fully saturated rings. The minimum atomic E-state index is -0.272. The molecule has 3 aromatic rings. The Morgan fingerprint density at radius 2 is 1.84 bits per heavy atom. The quantitative estimate of drug-likeness (QED) is 0.469. The molecule has 3 aromatic carbocycles. The van der Waals surface area contributed by atoms with Crippen molar-refractivity contribution in [1.82, 2.24) is 4.90 Å². The fourth-order valence-corrected chi connectivity index (χ4v) is 3.84. The maximum atomic E-state index is 13.3. The van der Waals surface area contributed by atoms with Crippen molar-refractivity contribution in [3.63, 3.8) is 0 Å². The van der Waals surface area contributed by atoms with Crippen LogP contribution in [0.25, 0.3) is 0 Å². The van der Waals surface area contributed by atoms with E-state index < -0.39 is 0 Å². The van der Waals surface area contributed by atoms with Crippen LogP contribution in [-0.2, 0) is 17.9 Å². The van der Waals surface area contributed by atoms with Crippen LogP contribution in [0.3, 0.4) is 0 Å². The van der Waals surface area contributed by atoms with E-state index in [2.05, 4.69) is 0 Å². The van der Waals surface area contributed by atoms with Gasteiger partial charge in [-0.1, -0.05) is 42.0 Å². The summed E-state index contributed by atoms with van der Waals surface area (Å²) in [7, 11) is 0. The standard InChI is InChI=1S/C27H28FNO3/c1-20-7-11-23(12-8-20)27(30)29(18-26-6-3-15-31-26)17-21-9-13-25(14-10-21)32-19-22-4-2-5-24(28)16-22/h2,4-5,7-14,16,26H,3,6,15,17-19H2,1H3/t26-/m0/s1. The van der Waals surface area contributed by atoms with Crippen molar-refractivity contribution in [1.29, 1.82) is 0 Å². The zero-order valence-corrected chi connectivity index (χ0v) is 18.3. The summed E-state index contributed by atoms with van der Waals surface area (Å²) in [5.41, 5.74) is 3.60. The summed E-state index contributed by atoms with van der Waals surface area (Å²) in [5, 5.41) is 0. The van der Waals surface area contributed by atoms with Crippen LogP contribution >= 0.6 is 0 Å². The molecule has 1 aliphatic heterocycles. The van der Waals surface area contributed by atoms with Crippen LogP contribution < -0.4 is 4.74 Å². The first-order valence-corrected chi connectivity index (χ1v) is 11.0. The highest BCUT2D eigenvalue weighted by molar-refractivity contribution is 5.94. The van der Waals surface area contributed by atoms with Crippen LogP contribution in [0.4, 0.5) is 4.39 Å². The lowest BCUT2D eigenvalue weighted by molar-refractivity contribution is 0.0507. The maximum absolute atomic E-state index is 13.3. The molecule has 32 heavy (non-hydrogen) atoms. The largest absolute Gasteiger partial charge is 0.489 e. The van der Waals surface area contributed by atoms with E-state index in [1.54, 1.807) is 6.07 Å². The van der Waals surface area contributed by atoms with Gasteiger partial charge in [-0.15, -0.1) is 0 Å². The van der Waals surface area contributed by atoms with Crippen molar-refractivity contribution in [2.24, 2.45) is 0 Å². The van der Waals surface area contributed by atoms with Gasteiger partial charge in [0.15, 0.2) is 0 Å². The molecule has 4 nitrogen and oxygen atoms in total. The number of aryl methyl sites for hydroxylation is 1. The molecule has 1 amide bonds. The lowest BCUT2D eigenvalue weighted by Gasteiger charge is -2.26. The number of nitrogens with zero attached hydrogens (tertiary/aromatic N) is 1. The van der Waals surface area contributed by atoms with Gasteiger partial charge in [-0.25, -0.2) is 4.39 Å². The van der Waals surface area contributed by atoms with E-state index in [0.717, 1.165) is 36.1 Å². The zero-order chi connectivity index (χ0) is 22.3. The molecule has 0 bridgehead atoms. The van der Waals surface area contributed by atoms with Crippen LogP contribution in [0.2, 0.25) is 0 Å². The fourth-order valence-electron chi connectivity index (χ4n) is 3.84. The predicted molar refractivity (Wildman–Crippen MR) is 122 cm³/mol. The molecule has 4 rings (SSSR count). The second-order valence-electron chi connectivity index (χ2n) is 8.25. The Morgan fingerprint density at radius 3 is 2.53 bits per heavy atom. The van der Waals surface area contributed by atoms with Gasteiger partial charge < -0.3 is 14.4 Å². The van der Waals surface area contributed by atoms with Gasteiger partial charge in [0.25, 0.3) is 5.91 Å². The summed E-state index contributed by atoms with van der Waals surface area (Å²) in [5.74, 6) is 0.437. The van der Waals surface area contributed by atoms with Crippen LogP contribution in [0, 0.1) is 12.7 Å². The molecular weight excluding hydrogens is 405 g/mol. The van der Waals surface area contributed by atoms with Crippen molar-refractivity contribution in [3.05, 3.63) is 101 Å². The van der Waals surface area contributed by atoms with E-state index in [1.807, 2.05) is 66.4 Å². The average molecular weight is 434 g/mol. The van der Waals surface area contributed by atoms with Gasteiger partial charge in [-0.05, 0) is 67.3 Å². The van der Waals surface area contributed by atoms with E-state index in [9.17, 15) is 9.18 Å². The second kappa shape index (κ2) is 10.4. The van der Waals surface area contributed by atoms with Crippen LogP contribution in [0.5, 0.6) is 5.75 Å². The summed E-state index contributed by atoms with van der Waals surface area (Å²) in [4.78, 5) is 15.1. The molecule has 1 saturated heterocycles. The Balaban J connectivity index is 1.42. The first-order valence-electron chi connectivity index (χ1n) is 11.0. The van der Waals surface area contributed by atoms with Gasteiger partial charge in [-0.2, -0.15) is 0 Å². The van der Waals surface area contributed by atoms with E-state index in [-0.39, 0.29) is 17.8 Å². The van der Waals surface area contributed by atoms with E-state index >= 15 is 0 Å². The highest BCUT2D eigenvalue weighted by Crippen LogP contribution is 2.20. The van der Waals surface area contributed by atoms with Gasteiger partial charge >= 0.3 is 0 Å². The number of benzene rings is 3. The molecule has 0 aromatic heterocycles. The molecule has 1 aliphatic rings. The number of carbonyl (C=O) groups is 1. The summed E-state index contributed by atoms with van der Waals surface area (Å²) in [6.45, 7) is 4.14. The van der Waals surface area contributed by atoms with Crippen molar-refractivity contribution in [2.45, 2.75) is 39.0 Å². The Hall–Kier alpha value is -3.18. The molecule has 1 atom stereocenters. The van der Waals surface area contributed by atoms with Crippen molar-refractivity contribution in [2.75, 3.05) is 13.2 Å². The zero-order valence-electron chi connectivity index (χ0n) is 18.3. The highest BCUT2D eigenvalue weighted by Gasteiger charge is 2.23. The highest BCUT2D eigenvalue weighted by atomic mass is 19.1. The van der Waals surface area contributed by atoms with Gasteiger partial charge in [0.2, 0.25) is 0 Å². The number of amides is 1. The average Bonchev–Trinajstić information content (AvgIpc) is 3.31. The molecule has 0 aliphatic carbocycles. The van der Waals surface area contributed by atoms with Crippen molar-refractivity contribution in [3.8, 4) is 5.75 Å². The molecule has 5 heteroatoms. The summed E-state index contributed by atoms with van der Waals surface area (Å²) < 4.78 is 24.9. The molecule has 1 heterocycles. The third-order valence-electron chi connectivity index (χ3n) is 5.63. The summed E-state index contributed by atoms with van der Waals surface area (Å²) in [6.07, 6.45) is 2.09. The number of rotatable bonds is 8. The third-order valence-corrected chi connectivity index (χ3v) is 5.63.